The lowest BCUT2D eigenvalue weighted by Crippen LogP contribution is -2.27. The molecule has 0 spiro atoms. The maximum absolute atomic E-state index is 11.7. The zero-order valence-corrected chi connectivity index (χ0v) is 12.8. The summed E-state index contributed by atoms with van der Waals surface area (Å²) in [6.07, 6.45) is 1.69. The van der Waals surface area contributed by atoms with Gasteiger partial charge >= 0.3 is 7.82 Å². The molecule has 0 aliphatic rings. The van der Waals surface area contributed by atoms with E-state index in [9.17, 15) is 9.36 Å². The van der Waals surface area contributed by atoms with Crippen LogP contribution in [0.4, 0.5) is 0 Å². The molecule has 0 bridgehead atoms. The average Bonchev–Trinajstić information content (AvgIpc) is 2.35. The fourth-order valence-corrected chi connectivity index (χ4v) is 1.93. The fraction of sp³-hybridized carbons (Fsp3) is 0.667. The summed E-state index contributed by atoms with van der Waals surface area (Å²) in [6.45, 7) is 2.39. The second-order valence-electron chi connectivity index (χ2n) is 3.10. The van der Waals surface area contributed by atoms with Crippen molar-refractivity contribution in [1.82, 2.24) is 5.32 Å². The van der Waals surface area contributed by atoms with Gasteiger partial charge in [0.1, 0.15) is 0 Å². The third-order valence-electron chi connectivity index (χ3n) is 1.84. The number of nitrogens with one attached hydrogen (secondary N) is 1. The number of carbonyl (C=O) groups excluding carboxylic acids is 1. The van der Waals surface area contributed by atoms with Crippen LogP contribution in [0.3, 0.4) is 0 Å². The van der Waals surface area contributed by atoms with Crippen molar-refractivity contribution < 1.29 is 22.9 Å². The van der Waals surface area contributed by atoms with Crippen molar-refractivity contribution in [2.45, 2.75) is 19.8 Å². The van der Waals surface area contributed by atoms with E-state index in [1.165, 1.54) is 0 Å². The fourth-order valence-electron chi connectivity index (χ4n) is 0.882. The van der Waals surface area contributed by atoms with Crippen LogP contribution in [0, 0.1) is 0 Å². The summed E-state index contributed by atoms with van der Waals surface area (Å²) >= 11 is 11.0. The van der Waals surface area contributed by atoms with Crippen molar-refractivity contribution in [3.8, 4) is 0 Å². The van der Waals surface area contributed by atoms with Gasteiger partial charge in [-0.25, -0.2) is 4.57 Å². The highest BCUT2D eigenvalue weighted by Crippen LogP contribution is 2.50. The molecule has 0 aliphatic heterocycles. The van der Waals surface area contributed by atoms with Gasteiger partial charge in [-0.15, -0.1) is 0 Å². The topological polar surface area (TPSA) is 73.9 Å². The minimum absolute atomic E-state index is 0.424. The van der Waals surface area contributed by atoms with Crippen molar-refractivity contribution in [1.29, 1.82) is 0 Å². The Hall–Kier alpha value is -0.260. The van der Waals surface area contributed by atoms with Gasteiger partial charge in [-0.3, -0.25) is 13.8 Å². The van der Waals surface area contributed by atoms with Crippen LogP contribution in [-0.2, 0) is 22.9 Å². The lowest BCUT2D eigenvalue weighted by Gasteiger charge is -2.16. The van der Waals surface area contributed by atoms with Crippen LogP contribution in [0.5, 0.6) is 0 Å². The van der Waals surface area contributed by atoms with Crippen molar-refractivity contribution in [2.24, 2.45) is 0 Å². The summed E-state index contributed by atoms with van der Waals surface area (Å²) in [7, 11) is -1.65. The molecule has 0 fully saturated rings. The predicted octanol–water partition coefficient (Wildman–Crippen LogP) is 2.97. The first-order chi connectivity index (χ1) is 8.40. The number of hydrogen-bond donors (Lipinski definition) is 1. The van der Waals surface area contributed by atoms with Gasteiger partial charge in [0.05, 0.1) is 0 Å². The second-order valence-corrected chi connectivity index (χ2v) is 5.86. The molecule has 0 rings (SSSR count). The van der Waals surface area contributed by atoms with Crippen LogP contribution >= 0.6 is 31.0 Å². The molecule has 6 nitrogen and oxygen atoms in total. The molecule has 106 valence electrons. The molecular formula is C9H16Cl2NO5P. The zero-order valence-electron chi connectivity index (χ0n) is 10.4. The summed E-state index contributed by atoms with van der Waals surface area (Å²) in [5.74, 6) is -1.18. The number of halogens is 2. The van der Waals surface area contributed by atoms with Gasteiger partial charge in [0.25, 0.3) is 5.91 Å². The number of hydrogen-bond acceptors (Lipinski definition) is 5. The molecule has 18 heavy (non-hydrogen) atoms. The molecule has 9 heteroatoms. The third kappa shape index (κ3) is 6.07. The summed E-state index contributed by atoms with van der Waals surface area (Å²) in [5.41, 5.74) is 0. The first-order valence-corrected chi connectivity index (χ1v) is 7.36. The molecule has 0 aliphatic carbocycles. The summed E-state index contributed by atoms with van der Waals surface area (Å²) in [6, 6.07) is 0. The van der Waals surface area contributed by atoms with Crippen molar-refractivity contribution in [3.05, 3.63) is 10.3 Å². The normalized spacial score (nSPS) is 10.9. The van der Waals surface area contributed by atoms with E-state index < -0.39 is 24.0 Å². The number of phosphoric acid groups is 1. The third-order valence-corrected chi connectivity index (χ3v) is 3.49. The molecule has 0 unspecified atom stereocenters. The highest BCUT2D eigenvalue weighted by molar-refractivity contribution is 7.48. The van der Waals surface area contributed by atoms with E-state index in [1.54, 1.807) is 0 Å². The first kappa shape index (κ1) is 17.7. The van der Waals surface area contributed by atoms with Gasteiger partial charge in [-0.1, -0.05) is 36.5 Å². The largest absolute Gasteiger partial charge is 0.529 e. The van der Waals surface area contributed by atoms with Crippen molar-refractivity contribution in [2.75, 3.05) is 20.8 Å². The Morgan fingerprint density at radius 3 is 2.22 bits per heavy atom. The monoisotopic (exact) mass is 319 g/mol. The van der Waals surface area contributed by atoms with Crippen LogP contribution in [0.15, 0.2) is 10.3 Å². The van der Waals surface area contributed by atoms with Gasteiger partial charge in [-0.05, 0) is 6.42 Å². The molecular weight excluding hydrogens is 304 g/mol. The lowest BCUT2D eigenvalue weighted by atomic mass is 10.3. The van der Waals surface area contributed by atoms with E-state index in [0.29, 0.717) is 6.54 Å². The molecule has 0 radical (unpaired) electrons. The molecule has 0 aromatic heterocycles. The SMILES string of the molecule is CCCCNC(=O)C(OP(=O)(OC)OC)=C(Cl)Cl. The van der Waals surface area contributed by atoms with Crippen LogP contribution < -0.4 is 5.32 Å². The summed E-state index contributed by atoms with van der Waals surface area (Å²) in [5, 5.41) is 2.51. The second kappa shape index (κ2) is 8.77. The Bertz CT molecular complexity index is 349. The molecule has 0 saturated heterocycles. The Labute approximate surface area is 116 Å². The number of carbonyl (C=O) groups is 1. The highest BCUT2D eigenvalue weighted by Gasteiger charge is 2.30. The van der Waals surface area contributed by atoms with Crippen LogP contribution in [0.2, 0.25) is 0 Å². The van der Waals surface area contributed by atoms with Gasteiger partial charge < -0.3 is 9.84 Å². The summed E-state index contributed by atoms with van der Waals surface area (Å²) < 4.78 is 25.1. The van der Waals surface area contributed by atoms with Gasteiger partial charge in [-0.2, -0.15) is 0 Å². The Morgan fingerprint density at radius 2 is 1.83 bits per heavy atom. The van der Waals surface area contributed by atoms with E-state index in [-0.39, 0.29) is 0 Å². The molecule has 0 atom stereocenters. The summed E-state index contributed by atoms with van der Waals surface area (Å²) in [4.78, 5) is 11.7. The maximum atomic E-state index is 11.7. The highest BCUT2D eigenvalue weighted by atomic mass is 35.5. The van der Waals surface area contributed by atoms with E-state index >= 15 is 0 Å². The van der Waals surface area contributed by atoms with Crippen molar-refractivity contribution >= 4 is 36.9 Å². The lowest BCUT2D eigenvalue weighted by molar-refractivity contribution is -0.119. The van der Waals surface area contributed by atoms with Crippen molar-refractivity contribution in [3.63, 3.8) is 0 Å². The average molecular weight is 320 g/mol. The minimum atomic E-state index is -3.87. The van der Waals surface area contributed by atoms with E-state index in [4.69, 9.17) is 27.7 Å². The van der Waals surface area contributed by atoms with Crippen LogP contribution in [0.1, 0.15) is 19.8 Å². The quantitative estimate of drug-likeness (QED) is 0.322. The van der Waals surface area contributed by atoms with Crippen LogP contribution in [0.25, 0.3) is 0 Å². The van der Waals surface area contributed by atoms with Gasteiger partial charge in [0, 0.05) is 20.8 Å². The predicted molar refractivity (Wildman–Crippen MR) is 69.4 cm³/mol. The smallest absolute Gasteiger partial charge is 0.395 e. The van der Waals surface area contributed by atoms with E-state index in [0.717, 1.165) is 27.1 Å². The number of phosphoric ester groups is 1. The number of amides is 1. The van der Waals surface area contributed by atoms with E-state index in [1.807, 2.05) is 6.92 Å². The molecule has 0 aromatic carbocycles. The van der Waals surface area contributed by atoms with Crippen LogP contribution in [-0.4, -0.2) is 26.7 Å². The number of unbranched alkanes of at least 4 members (excludes halogenated alkanes) is 1. The maximum Gasteiger partial charge on any atom is 0.529 e. The first-order valence-electron chi connectivity index (χ1n) is 5.14. The van der Waals surface area contributed by atoms with Gasteiger partial charge in [0.2, 0.25) is 5.76 Å². The molecule has 0 aromatic rings. The molecule has 0 heterocycles. The minimum Gasteiger partial charge on any atom is -0.395 e. The molecule has 1 amide bonds. The number of rotatable bonds is 8. The molecule has 1 N–H and O–H groups in total. The Morgan fingerprint density at radius 1 is 1.28 bits per heavy atom. The Kier molecular flexibility index (Phi) is 8.65. The molecule has 0 saturated carbocycles. The zero-order chi connectivity index (χ0) is 14.2. The van der Waals surface area contributed by atoms with Gasteiger partial charge in [0.15, 0.2) is 4.49 Å². The van der Waals surface area contributed by atoms with E-state index in [2.05, 4.69) is 14.4 Å². The standard InChI is InChI=1S/C9H16Cl2NO5P/c1-4-5-6-12-9(13)7(8(10)11)17-18(14,15-2)16-3/h4-6H2,1-3H3,(H,12,13). The Balaban J connectivity index is 4.75.